The number of carboxylic acid groups (broad SMARTS) is 1. The molecule has 0 spiro atoms. The van der Waals surface area contributed by atoms with Crippen LogP contribution in [0.25, 0.3) is 0 Å². The standard InChI is InChI=1S/C20H23F4N5O3/c1-10(2)29-18(32-15-7-13(20(22,23)24)5-6-14(15)21)26-17(27-29)25-16-11-3-4-12(16)9-28(8-11)19(30)31/h5-7,10-12,16H,3-4,8-9H2,1-2H3,(H,25,27)(H,30,31)/t11-,12+,16?. The maximum absolute atomic E-state index is 14.2. The van der Waals surface area contributed by atoms with E-state index in [0.717, 1.165) is 12.8 Å². The molecule has 2 fully saturated rings. The van der Waals surface area contributed by atoms with Gasteiger partial charge in [0.15, 0.2) is 11.6 Å². The third kappa shape index (κ3) is 4.30. The second-order valence-electron chi connectivity index (χ2n) is 8.46. The average molecular weight is 457 g/mol. The van der Waals surface area contributed by atoms with E-state index in [0.29, 0.717) is 31.3 Å². The minimum Gasteiger partial charge on any atom is -0.465 e. The van der Waals surface area contributed by atoms with Crippen LogP contribution in [-0.4, -0.2) is 50.0 Å². The number of halogens is 4. The lowest BCUT2D eigenvalue weighted by atomic mass is 9.92. The Morgan fingerprint density at radius 3 is 2.47 bits per heavy atom. The SMILES string of the molecule is CC(C)n1nc(NC2[C@@H]3CC[C@H]2CN(C(=O)O)C3)nc1Oc1cc(C(F)(F)F)ccc1F. The van der Waals surface area contributed by atoms with Crippen molar-refractivity contribution in [2.75, 3.05) is 18.4 Å². The van der Waals surface area contributed by atoms with Crippen LogP contribution in [0.3, 0.4) is 0 Å². The maximum atomic E-state index is 14.2. The molecule has 174 valence electrons. The fourth-order valence-corrected chi connectivity index (χ4v) is 4.40. The highest BCUT2D eigenvalue weighted by atomic mass is 19.4. The summed E-state index contributed by atoms with van der Waals surface area (Å²) in [5, 5.41) is 16.9. The quantitative estimate of drug-likeness (QED) is 0.637. The smallest absolute Gasteiger partial charge is 0.416 e. The summed E-state index contributed by atoms with van der Waals surface area (Å²) in [6.07, 6.45) is -3.85. The molecule has 4 rings (SSSR count). The Bertz CT molecular complexity index is 996. The number of carbonyl (C=O) groups is 1. The van der Waals surface area contributed by atoms with Crippen LogP contribution in [0.4, 0.5) is 28.3 Å². The molecule has 2 heterocycles. The highest BCUT2D eigenvalue weighted by Crippen LogP contribution is 2.39. The van der Waals surface area contributed by atoms with Crippen LogP contribution in [0.2, 0.25) is 0 Å². The zero-order valence-electron chi connectivity index (χ0n) is 17.4. The first-order valence-electron chi connectivity index (χ1n) is 10.3. The molecule has 1 unspecified atom stereocenters. The van der Waals surface area contributed by atoms with Crippen molar-refractivity contribution in [3.63, 3.8) is 0 Å². The monoisotopic (exact) mass is 457 g/mol. The zero-order chi connectivity index (χ0) is 23.2. The van der Waals surface area contributed by atoms with Gasteiger partial charge in [-0.1, -0.05) is 0 Å². The van der Waals surface area contributed by atoms with Gasteiger partial charge in [0.2, 0.25) is 5.95 Å². The molecule has 1 aliphatic heterocycles. The van der Waals surface area contributed by atoms with Gasteiger partial charge in [-0.3, -0.25) is 0 Å². The number of benzene rings is 1. The maximum Gasteiger partial charge on any atom is 0.416 e. The number of nitrogens with one attached hydrogen (secondary N) is 1. The topological polar surface area (TPSA) is 92.5 Å². The predicted octanol–water partition coefficient (Wildman–Crippen LogP) is 4.61. The minimum atomic E-state index is -4.64. The number of aromatic nitrogens is 3. The molecule has 1 aromatic heterocycles. The molecule has 32 heavy (non-hydrogen) atoms. The number of likely N-dealkylation sites (tertiary alicyclic amines) is 1. The summed E-state index contributed by atoms with van der Waals surface area (Å²) in [6, 6.07) is 1.49. The van der Waals surface area contributed by atoms with Crippen LogP contribution in [0, 0.1) is 17.7 Å². The van der Waals surface area contributed by atoms with E-state index in [1.807, 2.05) is 0 Å². The summed E-state index contributed by atoms with van der Waals surface area (Å²) in [5.41, 5.74) is -1.04. The average Bonchev–Trinajstić information content (AvgIpc) is 3.19. The van der Waals surface area contributed by atoms with Crippen LogP contribution in [0.5, 0.6) is 11.8 Å². The number of amides is 1. The molecule has 3 atom stereocenters. The molecular formula is C20H23F4N5O3. The first-order chi connectivity index (χ1) is 15.0. The van der Waals surface area contributed by atoms with Crippen molar-refractivity contribution in [1.82, 2.24) is 19.7 Å². The Morgan fingerprint density at radius 2 is 1.91 bits per heavy atom. The number of nitrogens with zero attached hydrogens (tertiary/aromatic N) is 4. The number of hydrogen-bond donors (Lipinski definition) is 2. The van der Waals surface area contributed by atoms with Crippen molar-refractivity contribution in [3.8, 4) is 11.8 Å². The van der Waals surface area contributed by atoms with Crippen LogP contribution in [0.15, 0.2) is 18.2 Å². The zero-order valence-corrected chi connectivity index (χ0v) is 17.4. The molecule has 12 heteroatoms. The third-order valence-electron chi connectivity index (χ3n) is 5.95. The molecule has 2 aliphatic rings. The molecule has 2 bridgehead atoms. The van der Waals surface area contributed by atoms with Crippen molar-refractivity contribution in [2.45, 2.75) is 44.9 Å². The molecule has 2 N–H and O–H groups in total. The number of fused-ring (bicyclic) bond motifs is 2. The van der Waals surface area contributed by atoms with E-state index in [9.17, 15) is 27.5 Å². The van der Waals surface area contributed by atoms with Crippen molar-refractivity contribution < 1.29 is 32.2 Å². The molecule has 1 amide bonds. The van der Waals surface area contributed by atoms with Gasteiger partial charge in [0, 0.05) is 19.1 Å². The van der Waals surface area contributed by atoms with E-state index in [2.05, 4.69) is 15.4 Å². The molecule has 2 aromatic rings. The number of rotatable bonds is 5. The van der Waals surface area contributed by atoms with E-state index < -0.39 is 29.4 Å². The second kappa shape index (κ2) is 8.14. The minimum absolute atomic E-state index is 0.0354. The van der Waals surface area contributed by atoms with E-state index >= 15 is 0 Å². The van der Waals surface area contributed by atoms with Gasteiger partial charge < -0.3 is 20.1 Å². The number of ether oxygens (including phenoxy) is 1. The van der Waals surface area contributed by atoms with E-state index in [-0.39, 0.29) is 35.9 Å². The van der Waals surface area contributed by atoms with Crippen LogP contribution >= 0.6 is 0 Å². The number of alkyl halides is 3. The van der Waals surface area contributed by atoms with Crippen molar-refractivity contribution in [2.24, 2.45) is 11.8 Å². The van der Waals surface area contributed by atoms with Gasteiger partial charge in [-0.25, -0.2) is 13.9 Å². The summed E-state index contributed by atoms with van der Waals surface area (Å²) in [4.78, 5) is 17.0. The lowest BCUT2D eigenvalue weighted by Gasteiger charge is -2.36. The van der Waals surface area contributed by atoms with E-state index in [4.69, 9.17) is 4.74 Å². The number of hydrogen-bond acceptors (Lipinski definition) is 5. The largest absolute Gasteiger partial charge is 0.465 e. The lowest BCUT2D eigenvalue weighted by Crippen LogP contribution is -2.49. The highest BCUT2D eigenvalue weighted by molar-refractivity contribution is 5.65. The van der Waals surface area contributed by atoms with Gasteiger partial charge in [0.25, 0.3) is 0 Å². The summed E-state index contributed by atoms with van der Waals surface area (Å²) in [6.45, 7) is 4.38. The number of anilines is 1. The highest BCUT2D eigenvalue weighted by Gasteiger charge is 2.44. The van der Waals surface area contributed by atoms with Gasteiger partial charge in [-0.05, 0) is 56.7 Å². The predicted molar refractivity (Wildman–Crippen MR) is 105 cm³/mol. The molecule has 1 saturated heterocycles. The molecule has 8 nitrogen and oxygen atoms in total. The first-order valence-corrected chi connectivity index (χ1v) is 10.3. The summed E-state index contributed by atoms with van der Waals surface area (Å²) < 4.78 is 59.9. The molecular weight excluding hydrogens is 434 g/mol. The summed E-state index contributed by atoms with van der Waals surface area (Å²) in [5.74, 6) is -1.16. The molecule has 0 radical (unpaired) electrons. The van der Waals surface area contributed by atoms with Crippen LogP contribution in [0.1, 0.15) is 38.3 Å². The third-order valence-corrected chi connectivity index (χ3v) is 5.95. The normalized spacial score (nSPS) is 23.0. The lowest BCUT2D eigenvalue weighted by molar-refractivity contribution is -0.137. The van der Waals surface area contributed by atoms with Crippen molar-refractivity contribution >= 4 is 12.0 Å². The fourth-order valence-electron chi connectivity index (χ4n) is 4.40. The summed E-state index contributed by atoms with van der Waals surface area (Å²) >= 11 is 0. The van der Waals surface area contributed by atoms with Gasteiger partial charge in [0.05, 0.1) is 11.6 Å². The van der Waals surface area contributed by atoms with Crippen LogP contribution < -0.4 is 10.1 Å². The number of piperidine rings is 1. The Labute approximate surface area is 181 Å². The Kier molecular flexibility index (Phi) is 5.63. The Hall–Kier alpha value is -3.05. The molecule has 1 aliphatic carbocycles. The van der Waals surface area contributed by atoms with Gasteiger partial charge >= 0.3 is 18.3 Å². The second-order valence-corrected chi connectivity index (χ2v) is 8.46. The van der Waals surface area contributed by atoms with Gasteiger partial charge in [0.1, 0.15) is 0 Å². The van der Waals surface area contributed by atoms with E-state index in [1.165, 1.54) is 9.58 Å². The van der Waals surface area contributed by atoms with Crippen molar-refractivity contribution in [3.05, 3.63) is 29.6 Å². The molecule has 1 saturated carbocycles. The van der Waals surface area contributed by atoms with Gasteiger partial charge in [-0.2, -0.15) is 18.2 Å². The summed E-state index contributed by atoms with van der Waals surface area (Å²) in [7, 11) is 0. The molecule has 1 aromatic carbocycles. The van der Waals surface area contributed by atoms with Gasteiger partial charge in [-0.15, -0.1) is 5.10 Å². The Balaban J connectivity index is 1.56. The first kappa shape index (κ1) is 22.2. The Morgan fingerprint density at radius 1 is 1.25 bits per heavy atom. The fraction of sp³-hybridized carbons (Fsp3) is 0.550. The van der Waals surface area contributed by atoms with E-state index in [1.54, 1.807) is 13.8 Å². The van der Waals surface area contributed by atoms with Crippen LogP contribution in [-0.2, 0) is 6.18 Å². The van der Waals surface area contributed by atoms with Crippen molar-refractivity contribution in [1.29, 1.82) is 0 Å².